The third-order valence-corrected chi connectivity index (χ3v) is 2.75. The minimum Gasteiger partial charge on any atom is -0.493 e. The van der Waals surface area contributed by atoms with Gasteiger partial charge in [0, 0.05) is 18.7 Å². The van der Waals surface area contributed by atoms with Crippen LogP contribution in [0.1, 0.15) is 24.2 Å². The fraction of sp³-hybridized carbons (Fsp3) is 0.500. The van der Waals surface area contributed by atoms with Gasteiger partial charge in [0.25, 0.3) is 5.91 Å². The number of carbonyl (C=O) groups excluding carboxylic acids is 1. The van der Waals surface area contributed by atoms with Crippen molar-refractivity contribution in [2.75, 3.05) is 33.4 Å². The number of likely N-dealkylation sites (N-methyl/N-ethyl adjacent to an activating group) is 1. The van der Waals surface area contributed by atoms with E-state index in [9.17, 15) is 4.79 Å². The van der Waals surface area contributed by atoms with Crippen molar-refractivity contribution in [1.82, 2.24) is 4.90 Å². The SMILES string of the molecule is CCOc1cc(C(=O)N(CC)CCO)ccc1OC. The molecule has 19 heavy (non-hydrogen) atoms. The monoisotopic (exact) mass is 267 g/mol. The molecule has 0 radical (unpaired) electrons. The van der Waals surface area contributed by atoms with Crippen LogP contribution in [0.5, 0.6) is 11.5 Å². The molecule has 1 aromatic carbocycles. The molecule has 5 heteroatoms. The van der Waals surface area contributed by atoms with Crippen molar-refractivity contribution in [3.05, 3.63) is 23.8 Å². The second-order valence-electron chi connectivity index (χ2n) is 3.91. The minimum absolute atomic E-state index is 0.0476. The molecule has 1 N–H and O–H groups in total. The quantitative estimate of drug-likeness (QED) is 0.814. The van der Waals surface area contributed by atoms with E-state index >= 15 is 0 Å². The van der Waals surface area contributed by atoms with Gasteiger partial charge in [-0.25, -0.2) is 0 Å². The van der Waals surface area contributed by atoms with Gasteiger partial charge in [-0.1, -0.05) is 0 Å². The highest BCUT2D eigenvalue weighted by atomic mass is 16.5. The second kappa shape index (κ2) is 7.63. The molecule has 0 spiro atoms. The number of hydrogen-bond donors (Lipinski definition) is 1. The molecule has 0 atom stereocenters. The smallest absolute Gasteiger partial charge is 0.254 e. The van der Waals surface area contributed by atoms with Gasteiger partial charge in [-0.15, -0.1) is 0 Å². The van der Waals surface area contributed by atoms with Gasteiger partial charge in [0.05, 0.1) is 20.3 Å². The molecule has 0 aliphatic carbocycles. The molecule has 1 aromatic rings. The molecule has 1 amide bonds. The number of benzene rings is 1. The van der Waals surface area contributed by atoms with Gasteiger partial charge in [-0.3, -0.25) is 4.79 Å². The summed E-state index contributed by atoms with van der Waals surface area (Å²) < 4.78 is 10.6. The first-order chi connectivity index (χ1) is 9.17. The van der Waals surface area contributed by atoms with Crippen LogP contribution in [0.4, 0.5) is 0 Å². The van der Waals surface area contributed by atoms with Gasteiger partial charge in [0.2, 0.25) is 0 Å². The van der Waals surface area contributed by atoms with Crippen LogP contribution in [0.15, 0.2) is 18.2 Å². The summed E-state index contributed by atoms with van der Waals surface area (Å²) >= 11 is 0. The van der Waals surface area contributed by atoms with Crippen LogP contribution in [0.25, 0.3) is 0 Å². The molecule has 1 rings (SSSR count). The molecule has 0 unspecified atom stereocenters. The molecular weight excluding hydrogens is 246 g/mol. The summed E-state index contributed by atoms with van der Waals surface area (Å²) in [5.74, 6) is 1.03. The molecule has 0 aliphatic rings. The Morgan fingerprint density at radius 1 is 1.32 bits per heavy atom. The number of rotatable bonds is 7. The normalized spacial score (nSPS) is 10.1. The number of hydrogen-bond acceptors (Lipinski definition) is 4. The van der Waals surface area contributed by atoms with Crippen LogP contribution in [0.3, 0.4) is 0 Å². The predicted molar refractivity (Wildman–Crippen MR) is 72.8 cm³/mol. The standard InChI is InChI=1S/C14H21NO4/c1-4-15(8-9-16)14(17)11-6-7-12(18-3)13(10-11)19-5-2/h6-7,10,16H,4-5,8-9H2,1-3H3. The van der Waals surface area contributed by atoms with E-state index in [1.165, 1.54) is 0 Å². The molecule has 5 nitrogen and oxygen atoms in total. The zero-order valence-corrected chi connectivity index (χ0v) is 11.7. The van der Waals surface area contributed by atoms with Crippen LogP contribution < -0.4 is 9.47 Å². The van der Waals surface area contributed by atoms with Crippen molar-refractivity contribution >= 4 is 5.91 Å². The fourth-order valence-corrected chi connectivity index (χ4v) is 1.78. The minimum atomic E-state index is -0.125. The number of aliphatic hydroxyl groups is 1. The van der Waals surface area contributed by atoms with E-state index in [0.717, 1.165) is 0 Å². The maximum absolute atomic E-state index is 12.2. The van der Waals surface area contributed by atoms with Gasteiger partial charge in [-0.2, -0.15) is 0 Å². The number of aliphatic hydroxyl groups excluding tert-OH is 1. The maximum atomic E-state index is 12.2. The summed E-state index contributed by atoms with van der Waals surface area (Å²) in [6, 6.07) is 5.08. The van der Waals surface area contributed by atoms with Gasteiger partial charge in [0.15, 0.2) is 11.5 Å². The lowest BCUT2D eigenvalue weighted by atomic mass is 10.1. The Kier molecular flexibility index (Phi) is 6.15. The third kappa shape index (κ3) is 3.86. The molecule has 0 heterocycles. The lowest BCUT2D eigenvalue weighted by Gasteiger charge is -2.20. The number of carbonyl (C=O) groups is 1. The van der Waals surface area contributed by atoms with Crippen molar-refractivity contribution in [2.24, 2.45) is 0 Å². The summed E-state index contributed by atoms with van der Waals surface area (Å²) in [7, 11) is 1.56. The summed E-state index contributed by atoms with van der Waals surface area (Å²) in [6.07, 6.45) is 0. The first-order valence-electron chi connectivity index (χ1n) is 6.38. The third-order valence-electron chi connectivity index (χ3n) is 2.75. The molecule has 106 valence electrons. The van der Waals surface area contributed by atoms with E-state index in [1.807, 2.05) is 13.8 Å². The lowest BCUT2D eigenvalue weighted by molar-refractivity contribution is 0.0731. The Morgan fingerprint density at radius 2 is 2.05 bits per heavy atom. The Labute approximate surface area is 113 Å². The average molecular weight is 267 g/mol. The summed E-state index contributed by atoms with van der Waals surface area (Å²) in [6.45, 7) is 5.08. The molecule has 0 saturated heterocycles. The average Bonchev–Trinajstić information content (AvgIpc) is 2.44. The molecular formula is C14H21NO4. The zero-order chi connectivity index (χ0) is 14.3. The van der Waals surface area contributed by atoms with Crippen molar-refractivity contribution in [3.63, 3.8) is 0 Å². The Morgan fingerprint density at radius 3 is 2.58 bits per heavy atom. The number of amides is 1. The van der Waals surface area contributed by atoms with E-state index < -0.39 is 0 Å². The Hall–Kier alpha value is -1.75. The highest BCUT2D eigenvalue weighted by Crippen LogP contribution is 2.28. The summed E-state index contributed by atoms with van der Waals surface area (Å²) in [5, 5.41) is 8.95. The van der Waals surface area contributed by atoms with Crippen molar-refractivity contribution in [2.45, 2.75) is 13.8 Å². The van der Waals surface area contributed by atoms with Gasteiger partial charge in [0.1, 0.15) is 0 Å². The number of ether oxygens (including phenoxy) is 2. The van der Waals surface area contributed by atoms with Crippen LogP contribution >= 0.6 is 0 Å². The lowest BCUT2D eigenvalue weighted by Crippen LogP contribution is -2.33. The maximum Gasteiger partial charge on any atom is 0.254 e. The Balaban J connectivity index is 2.99. The number of methoxy groups -OCH3 is 1. The largest absolute Gasteiger partial charge is 0.493 e. The first kappa shape index (κ1) is 15.3. The highest BCUT2D eigenvalue weighted by molar-refractivity contribution is 5.94. The summed E-state index contributed by atoms with van der Waals surface area (Å²) in [4.78, 5) is 13.8. The van der Waals surface area contributed by atoms with Crippen LogP contribution in [-0.4, -0.2) is 49.3 Å². The van der Waals surface area contributed by atoms with E-state index in [1.54, 1.807) is 30.2 Å². The predicted octanol–water partition coefficient (Wildman–Crippen LogP) is 1.55. The fourth-order valence-electron chi connectivity index (χ4n) is 1.78. The van der Waals surface area contributed by atoms with Gasteiger partial charge in [-0.05, 0) is 32.0 Å². The van der Waals surface area contributed by atoms with E-state index in [2.05, 4.69) is 0 Å². The molecule has 0 aliphatic heterocycles. The van der Waals surface area contributed by atoms with E-state index in [4.69, 9.17) is 14.6 Å². The van der Waals surface area contributed by atoms with Crippen molar-refractivity contribution in [1.29, 1.82) is 0 Å². The number of nitrogens with zero attached hydrogens (tertiary/aromatic N) is 1. The van der Waals surface area contributed by atoms with Crippen molar-refractivity contribution in [3.8, 4) is 11.5 Å². The molecule has 0 fully saturated rings. The topological polar surface area (TPSA) is 59.0 Å². The molecule has 0 aromatic heterocycles. The summed E-state index contributed by atoms with van der Waals surface area (Å²) in [5.41, 5.74) is 0.527. The van der Waals surface area contributed by atoms with E-state index in [-0.39, 0.29) is 12.5 Å². The Bertz CT molecular complexity index is 420. The van der Waals surface area contributed by atoms with Crippen LogP contribution in [0, 0.1) is 0 Å². The van der Waals surface area contributed by atoms with Crippen LogP contribution in [0.2, 0.25) is 0 Å². The van der Waals surface area contributed by atoms with Gasteiger partial charge >= 0.3 is 0 Å². The van der Waals surface area contributed by atoms with E-state index in [0.29, 0.717) is 36.8 Å². The second-order valence-corrected chi connectivity index (χ2v) is 3.91. The van der Waals surface area contributed by atoms with Gasteiger partial charge < -0.3 is 19.5 Å². The molecule has 0 saturated carbocycles. The zero-order valence-electron chi connectivity index (χ0n) is 11.7. The first-order valence-corrected chi connectivity index (χ1v) is 6.38. The molecule has 0 bridgehead atoms. The van der Waals surface area contributed by atoms with Crippen molar-refractivity contribution < 1.29 is 19.4 Å². The van der Waals surface area contributed by atoms with Crippen LogP contribution in [-0.2, 0) is 0 Å². The highest BCUT2D eigenvalue weighted by Gasteiger charge is 2.16.